The number of hydrogen-bond acceptors (Lipinski definition) is 5. The molecule has 0 aromatic heterocycles. The molecule has 9 heteroatoms. The summed E-state index contributed by atoms with van der Waals surface area (Å²) in [5.41, 5.74) is 2.51. The normalized spacial score (nSPS) is 13.4. The van der Waals surface area contributed by atoms with E-state index in [2.05, 4.69) is 11.4 Å². The smallest absolute Gasteiger partial charge is 0.490 e. The number of carbonyl (C=O) groups is 1. The minimum atomic E-state index is -5.08. The predicted molar refractivity (Wildman–Crippen MR) is 94.1 cm³/mol. The van der Waals surface area contributed by atoms with Crippen molar-refractivity contribution in [2.45, 2.75) is 12.3 Å². The van der Waals surface area contributed by atoms with Gasteiger partial charge >= 0.3 is 12.1 Å². The molecule has 0 aliphatic carbocycles. The van der Waals surface area contributed by atoms with E-state index in [0.717, 1.165) is 24.2 Å². The quantitative estimate of drug-likeness (QED) is 0.828. The SMILES string of the molecule is COc1ccc(-c2ccccc2C#N)cc1OC1CNC1.O=C(O)C(F)(F)F. The minimum Gasteiger partial charge on any atom is -0.493 e. The first-order valence-corrected chi connectivity index (χ1v) is 8.11. The third-order valence-electron chi connectivity index (χ3n) is 3.80. The van der Waals surface area contributed by atoms with Crippen LogP contribution in [0.25, 0.3) is 11.1 Å². The Morgan fingerprint density at radius 3 is 2.36 bits per heavy atom. The third-order valence-corrected chi connectivity index (χ3v) is 3.80. The molecule has 0 atom stereocenters. The Labute approximate surface area is 159 Å². The van der Waals surface area contributed by atoms with Crippen LogP contribution in [0.5, 0.6) is 11.5 Å². The lowest BCUT2D eigenvalue weighted by molar-refractivity contribution is -0.192. The predicted octanol–water partition coefficient (Wildman–Crippen LogP) is 3.22. The van der Waals surface area contributed by atoms with Gasteiger partial charge in [-0.15, -0.1) is 0 Å². The first-order chi connectivity index (χ1) is 13.3. The summed E-state index contributed by atoms with van der Waals surface area (Å²) in [6.07, 6.45) is -4.90. The number of halogens is 3. The average Bonchev–Trinajstić information content (AvgIpc) is 2.64. The van der Waals surface area contributed by atoms with Gasteiger partial charge in [-0.25, -0.2) is 4.79 Å². The number of ether oxygens (including phenoxy) is 2. The molecular weight excluding hydrogens is 377 g/mol. The molecular formula is C19H17F3N2O4. The molecule has 0 saturated carbocycles. The number of rotatable bonds is 4. The van der Waals surface area contributed by atoms with E-state index < -0.39 is 12.1 Å². The summed E-state index contributed by atoms with van der Waals surface area (Å²) in [5, 5.41) is 19.5. The van der Waals surface area contributed by atoms with Crippen molar-refractivity contribution >= 4 is 5.97 Å². The summed E-state index contributed by atoms with van der Waals surface area (Å²) in [5.74, 6) is -1.33. The van der Waals surface area contributed by atoms with Gasteiger partial charge in [-0.05, 0) is 29.3 Å². The second kappa shape index (κ2) is 9.10. The molecule has 148 valence electrons. The third kappa shape index (κ3) is 5.37. The fraction of sp³-hybridized carbons (Fsp3) is 0.263. The number of nitrogens with zero attached hydrogens (tertiary/aromatic N) is 1. The van der Waals surface area contributed by atoms with Crippen molar-refractivity contribution in [2.24, 2.45) is 0 Å². The maximum absolute atomic E-state index is 10.6. The Morgan fingerprint density at radius 2 is 1.86 bits per heavy atom. The molecule has 6 nitrogen and oxygen atoms in total. The zero-order chi connectivity index (χ0) is 20.7. The van der Waals surface area contributed by atoms with Crippen LogP contribution in [0.15, 0.2) is 42.5 Å². The van der Waals surface area contributed by atoms with Crippen LogP contribution < -0.4 is 14.8 Å². The Balaban J connectivity index is 0.000000345. The van der Waals surface area contributed by atoms with Gasteiger partial charge in [0.15, 0.2) is 11.5 Å². The molecule has 2 N–H and O–H groups in total. The number of alkyl halides is 3. The molecule has 2 aromatic rings. The van der Waals surface area contributed by atoms with Crippen LogP contribution in [0.1, 0.15) is 5.56 Å². The van der Waals surface area contributed by atoms with Crippen molar-refractivity contribution in [3.63, 3.8) is 0 Å². The molecule has 1 aliphatic rings. The van der Waals surface area contributed by atoms with E-state index in [4.69, 9.17) is 19.4 Å². The van der Waals surface area contributed by atoms with Crippen molar-refractivity contribution in [3.05, 3.63) is 48.0 Å². The molecule has 0 bridgehead atoms. The highest BCUT2D eigenvalue weighted by atomic mass is 19.4. The molecule has 3 rings (SSSR count). The van der Waals surface area contributed by atoms with Crippen molar-refractivity contribution in [1.29, 1.82) is 5.26 Å². The van der Waals surface area contributed by atoms with Gasteiger partial charge in [-0.3, -0.25) is 0 Å². The van der Waals surface area contributed by atoms with Crippen LogP contribution in [-0.2, 0) is 4.79 Å². The van der Waals surface area contributed by atoms with Gasteiger partial charge in [0.05, 0.1) is 18.7 Å². The molecule has 0 unspecified atom stereocenters. The number of hydrogen-bond donors (Lipinski definition) is 2. The summed E-state index contributed by atoms with van der Waals surface area (Å²) < 4.78 is 43.0. The molecule has 1 fully saturated rings. The van der Waals surface area contributed by atoms with Crippen molar-refractivity contribution in [2.75, 3.05) is 20.2 Å². The summed E-state index contributed by atoms with van der Waals surface area (Å²) in [7, 11) is 1.63. The zero-order valence-electron chi connectivity index (χ0n) is 14.8. The average molecular weight is 394 g/mol. The maximum atomic E-state index is 10.6. The molecule has 1 saturated heterocycles. The highest BCUT2D eigenvalue weighted by Crippen LogP contribution is 2.34. The number of carboxylic acid groups (broad SMARTS) is 1. The first-order valence-electron chi connectivity index (χ1n) is 8.11. The van der Waals surface area contributed by atoms with Crippen LogP contribution in [0.3, 0.4) is 0 Å². The molecule has 1 aliphatic heterocycles. The largest absolute Gasteiger partial charge is 0.493 e. The lowest BCUT2D eigenvalue weighted by Crippen LogP contribution is -2.50. The lowest BCUT2D eigenvalue weighted by Gasteiger charge is -2.28. The van der Waals surface area contributed by atoms with Crippen molar-refractivity contribution in [3.8, 4) is 28.7 Å². The molecule has 0 amide bonds. The Hall–Kier alpha value is -3.25. The summed E-state index contributed by atoms with van der Waals surface area (Å²) in [4.78, 5) is 8.90. The number of methoxy groups -OCH3 is 1. The highest BCUT2D eigenvalue weighted by molar-refractivity contribution is 5.73. The molecule has 1 heterocycles. The van der Waals surface area contributed by atoms with Crippen LogP contribution >= 0.6 is 0 Å². The van der Waals surface area contributed by atoms with Gasteiger partial charge in [0, 0.05) is 13.1 Å². The molecule has 0 radical (unpaired) electrons. The lowest BCUT2D eigenvalue weighted by atomic mass is 10.00. The maximum Gasteiger partial charge on any atom is 0.490 e. The Morgan fingerprint density at radius 1 is 1.21 bits per heavy atom. The van der Waals surface area contributed by atoms with E-state index in [9.17, 15) is 18.4 Å². The van der Waals surface area contributed by atoms with Gasteiger partial charge in [0.25, 0.3) is 0 Å². The van der Waals surface area contributed by atoms with E-state index >= 15 is 0 Å². The first kappa shape index (κ1) is 21.1. The topological polar surface area (TPSA) is 91.6 Å². The van der Waals surface area contributed by atoms with Gasteiger partial charge < -0.3 is 19.9 Å². The number of benzene rings is 2. The van der Waals surface area contributed by atoms with Crippen LogP contribution in [0, 0.1) is 11.3 Å². The van der Waals surface area contributed by atoms with Gasteiger partial charge in [-0.2, -0.15) is 18.4 Å². The van der Waals surface area contributed by atoms with Gasteiger partial charge in [-0.1, -0.05) is 24.3 Å². The number of aliphatic carboxylic acids is 1. The van der Waals surface area contributed by atoms with E-state index in [1.165, 1.54) is 0 Å². The van der Waals surface area contributed by atoms with Crippen LogP contribution in [0.2, 0.25) is 0 Å². The highest BCUT2D eigenvalue weighted by Gasteiger charge is 2.38. The van der Waals surface area contributed by atoms with Gasteiger partial charge in [0.1, 0.15) is 6.10 Å². The van der Waals surface area contributed by atoms with Crippen LogP contribution in [0.4, 0.5) is 13.2 Å². The number of carboxylic acids is 1. The number of nitrogens with one attached hydrogen (secondary N) is 1. The summed E-state index contributed by atoms with van der Waals surface area (Å²) in [6, 6.07) is 15.5. The molecule has 0 spiro atoms. The van der Waals surface area contributed by atoms with Gasteiger partial charge in [0.2, 0.25) is 0 Å². The standard InChI is InChI=1S/C17H16N2O2.C2HF3O2/c1-20-16-7-6-12(8-17(16)21-14-10-19-11-14)15-5-3-2-4-13(15)9-18;3-2(4,5)1(6)7/h2-8,14,19H,10-11H2,1H3;(H,6,7). The van der Waals surface area contributed by atoms with E-state index in [-0.39, 0.29) is 6.10 Å². The summed E-state index contributed by atoms with van der Waals surface area (Å²) >= 11 is 0. The molecule has 2 aromatic carbocycles. The zero-order valence-corrected chi connectivity index (χ0v) is 14.8. The van der Waals surface area contributed by atoms with Crippen molar-refractivity contribution < 1.29 is 32.5 Å². The fourth-order valence-corrected chi connectivity index (χ4v) is 2.29. The summed E-state index contributed by atoms with van der Waals surface area (Å²) in [6.45, 7) is 1.70. The monoisotopic (exact) mass is 394 g/mol. The van der Waals surface area contributed by atoms with E-state index in [1.54, 1.807) is 7.11 Å². The number of nitriles is 1. The minimum absolute atomic E-state index is 0.181. The van der Waals surface area contributed by atoms with Crippen LogP contribution in [-0.4, -0.2) is 43.6 Å². The Kier molecular flexibility index (Phi) is 6.84. The second-order valence-corrected chi connectivity index (χ2v) is 5.72. The fourth-order valence-electron chi connectivity index (χ4n) is 2.29. The Bertz CT molecular complexity index is 874. The van der Waals surface area contributed by atoms with Crippen molar-refractivity contribution in [1.82, 2.24) is 5.32 Å². The van der Waals surface area contributed by atoms with E-state index in [1.807, 2.05) is 42.5 Å². The van der Waals surface area contributed by atoms with E-state index in [0.29, 0.717) is 17.1 Å². The molecule has 28 heavy (non-hydrogen) atoms. The second-order valence-electron chi connectivity index (χ2n) is 5.72.